The van der Waals surface area contributed by atoms with E-state index in [0.29, 0.717) is 12.5 Å². The standard InChI is InChI=1S/C11H19N3/c1-4-10-7-9(3)13-11(14-10)8(2)5-6-12/h7-8H,4-6,12H2,1-3H3. The second-order valence-electron chi connectivity index (χ2n) is 3.69. The summed E-state index contributed by atoms with van der Waals surface area (Å²) in [6.45, 7) is 6.94. The summed E-state index contributed by atoms with van der Waals surface area (Å²) < 4.78 is 0. The molecule has 3 heteroatoms. The van der Waals surface area contributed by atoms with Gasteiger partial charge in [0.1, 0.15) is 5.82 Å². The van der Waals surface area contributed by atoms with E-state index in [1.165, 1.54) is 0 Å². The summed E-state index contributed by atoms with van der Waals surface area (Å²) in [7, 11) is 0. The number of hydrogen-bond acceptors (Lipinski definition) is 3. The van der Waals surface area contributed by atoms with Gasteiger partial charge in [0.2, 0.25) is 0 Å². The van der Waals surface area contributed by atoms with E-state index in [-0.39, 0.29) is 0 Å². The van der Waals surface area contributed by atoms with Crippen LogP contribution >= 0.6 is 0 Å². The average Bonchev–Trinajstić information content (AvgIpc) is 2.17. The topological polar surface area (TPSA) is 51.8 Å². The number of nitrogens with zero attached hydrogens (tertiary/aromatic N) is 2. The molecule has 0 amide bonds. The Labute approximate surface area is 85.8 Å². The van der Waals surface area contributed by atoms with E-state index in [9.17, 15) is 0 Å². The summed E-state index contributed by atoms with van der Waals surface area (Å²) >= 11 is 0. The first-order valence-corrected chi connectivity index (χ1v) is 5.21. The van der Waals surface area contributed by atoms with Crippen molar-refractivity contribution in [2.75, 3.05) is 6.54 Å². The number of nitrogens with two attached hydrogens (primary N) is 1. The van der Waals surface area contributed by atoms with Gasteiger partial charge in [-0.3, -0.25) is 0 Å². The minimum absolute atomic E-state index is 0.366. The average molecular weight is 193 g/mol. The maximum absolute atomic E-state index is 5.52. The Hall–Kier alpha value is -0.960. The molecule has 0 bridgehead atoms. The van der Waals surface area contributed by atoms with Gasteiger partial charge in [-0.15, -0.1) is 0 Å². The van der Waals surface area contributed by atoms with E-state index in [1.807, 2.05) is 13.0 Å². The van der Waals surface area contributed by atoms with Gasteiger partial charge in [0.05, 0.1) is 0 Å². The minimum Gasteiger partial charge on any atom is -0.330 e. The first kappa shape index (κ1) is 11.1. The summed E-state index contributed by atoms with van der Waals surface area (Å²) in [6, 6.07) is 2.04. The maximum atomic E-state index is 5.52. The fraction of sp³-hybridized carbons (Fsp3) is 0.636. The molecule has 78 valence electrons. The lowest BCUT2D eigenvalue weighted by Crippen LogP contribution is -2.09. The van der Waals surface area contributed by atoms with Crippen molar-refractivity contribution in [3.63, 3.8) is 0 Å². The van der Waals surface area contributed by atoms with Gasteiger partial charge < -0.3 is 5.73 Å². The van der Waals surface area contributed by atoms with Gasteiger partial charge in [-0.25, -0.2) is 9.97 Å². The quantitative estimate of drug-likeness (QED) is 0.793. The van der Waals surface area contributed by atoms with Crippen LogP contribution in [0.5, 0.6) is 0 Å². The normalized spacial score (nSPS) is 12.9. The molecule has 0 spiro atoms. The van der Waals surface area contributed by atoms with E-state index >= 15 is 0 Å². The molecule has 1 aromatic heterocycles. The third kappa shape index (κ3) is 2.77. The lowest BCUT2D eigenvalue weighted by molar-refractivity contribution is 0.638. The van der Waals surface area contributed by atoms with Crippen LogP contribution in [0.25, 0.3) is 0 Å². The maximum Gasteiger partial charge on any atom is 0.131 e. The zero-order valence-electron chi connectivity index (χ0n) is 9.25. The second kappa shape index (κ2) is 5.05. The largest absolute Gasteiger partial charge is 0.330 e. The molecule has 0 saturated carbocycles. The molecule has 2 N–H and O–H groups in total. The number of hydrogen-bond donors (Lipinski definition) is 1. The van der Waals surface area contributed by atoms with Crippen LogP contribution in [0.4, 0.5) is 0 Å². The number of aryl methyl sites for hydroxylation is 2. The predicted molar refractivity (Wildman–Crippen MR) is 58.2 cm³/mol. The van der Waals surface area contributed by atoms with Crippen molar-refractivity contribution in [3.05, 3.63) is 23.3 Å². The number of aromatic nitrogens is 2. The smallest absolute Gasteiger partial charge is 0.131 e. The monoisotopic (exact) mass is 193 g/mol. The lowest BCUT2D eigenvalue weighted by Gasteiger charge is -2.10. The van der Waals surface area contributed by atoms with E-state index in [4.69, 9.17) is 5.73 Å². The molecule has 1 atom stereocenters. The van der Waals surface area contributed by atoms with Gasteiger partial charge in [0, 0.05) is 17.3 Å². The van der Waals surface area contributed by atoms with Gasteiger partial charge >= 0.3 is 0 Å². The highest BCUT2D eigenvalue weighted by Gasteiger charge is 2.09. The third-order valence-electron chi connectivity index (χ3n) is 2.33. The van der Waals surface area contributed by atoms with Crippen LogP contribution in [0, 0.1) is 6.92 Å². The van der Waals surface area contributed by atoms with E-state index in [2.05, 4.69) is 23.8 Å². The van der Waals surface area contributed by atoms with Crippen LogP contribution in [-0.4, -0.2) is 16.5 Å². The van der Waals surface area contributed by atoms with Crippen LogP contribution in [-0.2, 0) is 6.42 Å². The fourth-order valence-electron chi connectivity index (χ4n) is 1.44. The third-order valence-corrected chi connectivity index (χ3v) is 2.33. The van der Waals surface area contributed by atoms with E-state index < -0.39 is 0 Å². The van der Waals surface area contributed by atoms with Gasteiger partial charge in [-0.2, -0.15) is 0 Å². The van der Waals surface area contributed by atoms with Crippen molar-refractivity contribution < 1.29 is 0 Å². The summed E-state index contributed by atoms with van der Waals surface area (Å²) in [6.07, 6.45) is 1.91. The lowest BCUT2D eigenvalue weighted by atomic mass is 10.1. The molecule has 0 fully saturated rings. The van der Waals surface area contributed by atoms with Crippen LogP contribution in [0.15, 0.2) is 6.07 Å². The first-order chi connectivity index (χ1) is 6.67. The van der Waals surface area contributed by atoms with Gasteiger partial charge in [-0.05, 0) is 32.4 Å². The van der Waals surface area contributed by atoms with E-state index in [1.54, 1.807) is 0 Å². The Morgan fingerprint density at radius 3 is 2.71 bits per heavy atom. The van der Waals surface area contributed by atoms with Crippen LogP contribution in [0.1, 0.15) is 43.4 Å². The first-order valence-electron chi connectivity index (χ1n) is 5.21. The second-order valence-corrected chi connectivity index (χ2v) is 3.69. The van der Waals surface area contributed by atoms with Crippen molar-refractivity contribution in [1.29, 1.82) is 0 Å². The zero-order chi connectivity index (χ0) is 10.6. The summed E-state index contributed by atoms with van der Waals surface area (Å²) in [4.78, 5) is 8.94. The fourth-order valence-corrected chi connectivity index (χ4v) is 1.44. The van der Waals surface area contributed by atoms with E-state index in [0.717, 1.165) is 30.1 Å². The molecule has 3 nitrogen and oxygen atoms in total. The molecule has 0 aliphatic rings. The highest BCUT2D eigenvalue weighted by Crippen LogP contribution is 2.15. The van der Waals surface area contributed by atoms with Gasteiger partial charge in [0.15, 0.2) is 0 Å². The van der Waals surface area contributed by atoms with Crippen molar-refractivity contribution in [2.45, 2.75) is 39.5 Å². The summed E-state index contributed by atoms with van der Waals surface area (Å²) in [5, 5.41) is 0. The molecule has 0 aliphatic heterocycles. The molecule has 1 rings (SSSR count). The zero-order valence-corrected chi connectivity index (χ0v) is 9.25. The molecule has 0 radical (unpaired) electrons. The van der Waals surface area contributed by atoms with Crippen LogP contribution in [0.2, 0.25) is 0 Å². The molecule has 0 saturated heterocycles. The highest BCUT2D eigenvalue weighted by atomic mass is 14.9. The molecule has 1 unspecified atom stereocenters. The van der Waals surface area contributed by atoms with Crippen LogP contribution in [0.3, 0.4) is 0 Å². The Balaban J connectivity index is 2.90. The predicted octanol–water partition coefficient (Wildman–Crippen LogP) is 1.80. The van der Waals surface area contributed by atoms with Crippen molar-refractivity contribution in [2.24, 2.45) is 5.73 Å². The molecular formula is C11H19N3. The molecule has 1 aromatic rings. The Kier molecular flexibility index (Phi) is 4.01. The van der Waals surface area contributed by atoms with Crippen molar-refractivity contribution >= 4 is 0 Å². The molecule has 1 heterocycles. The van der Waals surface area contributed by atoms with Crippen LogP contribution < -0.4 is 5.73 Å². The van der Waals surface area contributed by atoms with Crippen molar-refractivity contribution in [3.8, 4) is 0 Å². The summed E-state index contributed by atoms with van der Waals surface area (Å²) in [5.41, 5.74) is 7.69. The Bertz CT molecular complexity index is 297. The molecular weight excluding hydrogens is 174 g/mol. The minimum atomic E-state index is 0.366. The molecule has 0 aromatic carbocycles. The molecule has 0 aliphatic carbocycles. The number of rotatable bonds is 4. The van der Waals surface area contributed by atoms with Gasteiger partial charge in [-0.1, -0.05) is 13.8 Å². The molecule has 14 heavy (non-hydrogen) atoms. The SMILES string of the molecule is CCc1cc(C)nc(C(C)CCN)n1. The van der Waals surface area contributed by atoms with Crippen molar-refractivity contribution in [1.82, 2.24) is 9.97 Å². The summed E-state index contributed by atoms with van der Waals surface area (Å²) in [5.74, 6) is 1.30. The Morgan fingerprint density at radius 2 is 2.14 bits per heavy atom. The Morgan fingerprint density at radius 1 is 1.43 bits per heavy atom. The highest BCUT2D eigenvalue weighted by molar-refractivity contribution is 5.11. The van der Waals surface area contributed by atoms with Gasteiger partial charge in [0.25, 0.3) is 0 Å².